The number of aliphatic hydroxyl groups excluding tert-OH is 1. The van der Waals surface area contributed by atoms with E-state index >= 15 is 0 Å². The Morgan fingerprint density at radius 1 is 1.44 bits per heavy atom. The molecule has 96 valence electrons. The number of carbonyl (C=O) groups is 2. The summed E-state index contributed by atoms with van der Waals surface area (Å²) < 4.78 is 13.5. The van der Waals surface area contributed by atoms with Gasteiger partial charge in [0.2, 0.25) is 0 Å². The van der Waals surface area contributed by atoms with Crippen molar-refractivity contribution < 1.29 is 19.1 Å². The molecule has 0 aromatic heterocycles. The van der Waals surface area contributed by atoms with Crippen molar-refractivity contribution in [3.05, 3.63) is 28.0 Å². The molecule has 1 atom stereocenters. The molecule has 1 heterocycles. The molecule has 0 bridgehead atoms. The van der Waals surface area contributed by atoms with Crippen molar-refractivity contribution in [3.8, 4) is 0 Å². The molecule has 7 heteroatoms. The van der Waals surface area contributed by atoms with Crippen LogP contribution in [0.25, 0.3) is 0 Å². The van der Waals surface area contributed by atoms with E-state index in [0.717, 1.165) is 17.0 Å². The number of anilines is 1. The summed E-state index contributed by atoms with van der Waals surface area (Å²) in [5.74, 6) is -2.25. The first kappa shape index (κ1) is 13.5. The Labute approximate surface area is 115 Å². The number of carbonyl (C=O) groups excluding carboxylic acids is 2. The van der Waals surface area contributed by atoms with Crippen molar-refractivity contribution in [1.82, 2.24) is 0 Å². The van der Waals surface area contributed by atoms with E-state index < -0.39 is 23.6 Å². The molecule has 0 aliphatic carbocycles. The maximum Gasteiger partial charge on any atom is 0.299 e. The monoisotopic (exact) mass is 335 g/mol. The van der Waals surface area contributed by atoms with E-state index in [1.54, 1.807) is 0 Å². The van der Waals surface area contributed by atoms with Gasteiger partial charge in [-0.3, -0.25) is 9.59 Å². The first-order chi connectivity index (χ1) is 8.45. The van der Waals surface area contributed by atoms with Gasteiger partial charge in [0.25, 0.3) is 11.7 Å². The van der Waals surface area contributed by atoms with Crippen LogP contribution in [0.2, 0.25) is 0 Å². The van der Waals surface area contributed by atoms with Gasteiger partial charge in [0, 0.05) is 4.47 Å². The van der Waals surface area contributed by atoms with E-state index in [1.807, 2.05) is 0 Å². The predicted molar refractivity (Wildman–Crippen MR) is 67.5 cm³/mol. The summed E-state index contributed by atoms with van der Waals surface area (Å²) in [7, 11) is 0. The molecule has 4 nitrogen and oxygen atoms in total. The number of fused-ring (bicyclic) bond motifs is 1. The maximum atomic E-state index is 13.2. The van der Waals surface area contributed by atoms with Crippen LogP contribution in [-0.4, -0.2) is 35.3 Å². The Hall–Kier alpha value is -0.980. The minimum Gasteiger partial charge on any atom is -0.390 e. The van der Waals surface area contributed by atoms with Crippen LogP contribution >= 0.6 is 27.5 Å². The topological polar surface area (TPSA) is 57.6 Å². The lowest BCUT2D eigenvalue weighted by molar-refractivity contribution is -0.114. The van der Waals surface area contributed by atoms with Crippen LogP contribution in [0.1, 0.15) is 10.4 Å². The van der Waals surface area contributed by atoms with E-state index in [0.29, 0.717) is 4.47 Å². The number of ketones is 1. The molecule has 0 radical (unpaired) electrons. The molecule has 1 aromatic carbocycles. The summed E-state index contributed by atoms with van der Waals surface area (Å²) in [6.07, 6.45) is -0.952. The van der Waals surface area contributed by atoms with Crippen molar-refractivity contribution >= 4 is 44.9 Å². The van der Waals surface area contributed by atoms with Gasteiger partial charge in [-0.05, 0) is 28.1 Å². The number of hydrogen-bond acceptors (Lipinski definition) is 3. The SMILES string of the molecule is O=C1C(=O)N(CC(O)CCl)c2c(Br)cc(F)cc21. The van der Waals surface area contributed by atoms with Crippen molar-refractivity contribution in [2.24, 2.45) is 0 Å². The summed E-state index contributed by atoms with van der Waals surface area (Å²) in [4.78, 5) is 24.5. The van der Waals surface area contributed by atoms with Crippen molar-refractivity contribution in [2.45, 2.75) is 6.10 Å². The zero-order valence-electron chi connectivity index (χ0n) is 8.99. The molecule has 1 amide bonds. The van der Waals surface area contributed by atoms with Crippen LogP contribution in [0.5, 0.6) is 0 Å². The van der Waals surface area contributed by atoms with Gasteiger partial charge < -0.3 is 10.0 Å². The highest BCUT2D eigenvalue weighted by molar-refractivity contribution is 9.10. The molecule has 1 aliphatic heterocycles. The number of alkyl halides is 1. The standard InChI is InChI=1S/C11H8BrClFNO3/c12-8-2-5(14)1-7-9(8)15(4-6(16)3-13)11(18)10(7)17/h1-2,6,16H,3-4H2. The number of Topliss-reactive ketones (excluding diaryl/α,β-unsaturated/α-hetero) is 1. The molecule has 0 saturated carbocycles. The van der Waals surface area contributed by atoms with Gasteiger partial charge in [-0.15, -0.1) is 11.6 Å². The fourth-order valence-electron chi connectivity index (χ4n) is 1.79. The number of nitrogens with zero attached hydrogens (tertiary/aromatic N) is 1. The minimum absolute atomic E-state index is 0.00588. The number of β-amino-alcohol motifs (C(OH)–C–C–N with tert-alkyl or cyclic N) is 1. The van der Waals surface area contributed by atoms with Crippen molar-refractivity contribution in [3.63, 3.8) is 0 Å². The molecule has 1 unspecified atom stereocenters. The number of aliphatic hydroxyl groups is 1. The second-order valence-corrected chi connectivity index (χ2v) is 5.00. The summed E-state index contributed by atoms with van der Waals surface area (Å²) in [5, 5.41) is 9.47. The molecule has 0 spiro atoms. The molecular formula is C11H8BrClFNO3. The maximum absolute atomic E-state index is 13.2. The average Bonchev–Trinajstić information content (AvgIpc) is 2.54. The molecule has 0 fully saturated rings. The fraction of sp³-hybridized carbons (Fsp3) is 0.273. The number of amides is 1. The zero-order valence-corrected chi connectivity index (χ0v) is 11.3. The van der Waals surface area contributed by atoms with Crippen LogP contribution in [0.4, 0.5) is 10.1 Å². The van der Waals surface area contributed by atoms with Gasteiger partial charge in [-0.25, -0.2) is 4.39 Å². The average molecular weight is 337 g/mol. The third-order valence-electron chi connectivity index (χ3n) is 2.55. The third-order valence-corrected chi connectivity index (χ3v) is 3.51. The Morgan fingerprint density at radius 3 is 2.72 bits per heavy atom. The predicted octanol–water partition coefficient (Wildman–Crippen LogP) is 1.72. The highest BCUT2D eigenvalue weighted by Crippen LogP contribution is 2.36. The number of benzene rings is 1. The number of halogens is 3. The van der Waals surface area contributed by atoms with E-state index in [2.05, 4.69) is 15.9 Å². The van der Waals surface area contributed by atoms with Gasteiger partial charge in [-0.2, -0.15) is 0 Å². The molecule has 1 N–H and O–H groups in total. The Bertz CT molecular complexity index is 537. The van der Waals surface area contributed by atoms with Crippen LogP contribution in [0.3, 0.4) is 0 Å². The molecular weight excluding hydrogens is 328 g/mol. The van der Waals surface area contributed by atoms with E-state index in [4.69, 9.17) is 11.6 Å². The Morgan fingerprint density at radius 2 is 2.11 bits per heavy atom. The summed E-state index contributed by atoms with van der Waals surface area (Å²) >= 11 is 8.57. The lowest BCUT2D eigenvalue weighted by Crippen LogP contribution is -2.37. The first-order valence-corrected chi connectivity index (χ1v) is 6.37. The summed E-state index contributed by atoms with van der Waals surface area (Å²) in [6, 6.07) is 2.16. The lowest BCUT2D eigenvalue weighted by Gasteiger charge is -2.20. The van der Waals surface area contributed by atoms with Crippen LogP contribution in [-0.2, 0) is 4.79 Å². The third kappa shape index (κ3) is 2.15. The summed E-state index contributed by atoms with van der Waals surface area (Å²) in [6.45, 7) is -0.106. The Kier molecular flexibility index (Phi) is 3.70. The molecule has 0 saturated heterocycles. The second-order valence-electron chi connectivity index (χ2n) is 3.84. The highest BCUT2D eigenvalue weighted by Gasteiger charge is 2.38. The van der Waals surface area contributed by atoms with E-state index in [-0.39, 0.29) is 23.7 Å². The van der Waals surface area contributed by atoms with Gasteiger partial charge >= 0.3 is 0 Å². The van der Waals surface area contributed by atoms with E-state index in [1.165, 1.54) is 0 Å². The van der Waals surface area contributed by atoms with Crippen molar-refractivity contribution in [2.75, 3.05) is 17.3 Å². The second kappa shape index (κ2) is 4.95. The molecule has 1 aliphatic rings. The first-order valence-electron chi connectivity index (χ1n) is 5.05. The van der Waals surface area contributed by atoms with Crippen LogP contribution in [0.15, 0.2) is 16.6 Å². The number of hydrogen-bond donors (Lipinski definition) is 1. The largest absolute Gasteiger partial charge is 0.390 e. The zero-order chi connectivity index (χ0) is 13.4. The summed E-state index contributed by atoms with van der Waals surface area (Å²) in [5.41, 5.74) is 0.268. The van der Waals surface area contributed by atoms with Crippen molar-refractivity contribution in [1.29, 1.82) is 0 Å². The smallest absolute Gasteiger partial charge is 0.299 e. The van der Waals surface area contributed by atoms with Gasteiger partial charge in [0.15, 0.2) is 0 Å². The van der Waals surface area contributed by atoms with Crippen LogP contribution < -0.4 is 4.90 Å². The quantitative estimate of drug-likeness (QED) is 0.675. The van der Waals surface area contributed by atoms with Gasteiger partial charge in [0.1, 0.15) is 5.82 Å². The van der Waals surface area contributed by atoms with E-state index in [9.17, 15) is 19.1 Å². The highest BCUT2D eigenvalue weighted by atomic mass is 79.9. The fourth-order valence-corrected chi connectivity index (χ4v) is 2.53. The minimum atomic E-state index is -0.952. The molecule has 2 rings (SSSR count). The lowest BCUT2D eigenvalue weighted by atomic mass is 10.1. The Balaban J connectivity index is 2.48. The van der Waals surface area contributed by atoms with Gasteiger partial charge in [-0.1, -0.05) is 0 Å². The molecule has 1 aromatic rings. The molecule has 18 heavy (non-hydrogen) atoms. The number of rotatable bonds is 3. The normalized spacial score (nSPS) is 16.1. The van der Waals surface area contributed by atoms with Crippen LogP contribution in [0, 0.1) is 5.82 Å². The van der Waals surface area contributed by atoms with Gasteiger partial charge in [0.05, 0.1) is 29.8 Å².